The number of carbonyl (C=O) groups excluding carboxylic acids is 1. The molecule has 0 aromatic heterocycles. The molecule has 0 saturated heterocycles. The SMILES string of the molecule is COc1ccc(CNC(=O)CN(Cc2cccc(C)c2)S(C)(=O)=O)cc1. The van der Waals surface area contributed by atoms with Gasteiger partial charge in [-0.3, -0.25) is 4.79 Å². The minimum Gasteiger partial charge on any atom is -0.497 e. The maximum Gasteiger partial charge on any atom is 0.235 e. The third kappa shape index (κ3) is 6.16. The van der Waals surface area contributed by atoms with Gasteiger partial charge in [0.15, 0.2) is 0 Å². The molecule has 0 heterocycles. The summed E-state index contributed by atoms with van der Waals surface area (Å²) in [6.07, 6.45) is 1.11. The van der Waals surface area contributed by atoms with Crippen molar-refractivity contribution in [2.75, 3.05) is 19.9 Å². The number of benzene rings is 2. The van der Waals surface area contributed by atoms with Crippen LogP contribution in [0.4, 0.5) is 0 Å². The molecule has 2 rings (SSSR count). The summed E-state index contributed by atoms with van der Waals surface area (Å²) in [5.74, 6) is 0.389. The average Bonchev–Trinajstić information content (AvgIpc) is 2.59. The van der Waals surface area contributed by atoms with Gasteiger partial charge in [0.25, 0.3) is 0 Å². The summed E-state index contributed by atoms with van der Waals surface area (Å²) in [5.41, 5.74) is 2.79. The van der Waals surface area contributed by atoms with Crippen LogP contribution < -0.4 is 10.1 Å². The highest BCUT2D eigenvalue weighted by molar-refractivity contribution is 7.88. The number of methoxy groups -OCH3 is 1. The fraction of sp³-hybridized carbons (Fsp3) is 0.316. The van der Waals surface area contributed by atoms with Crippen molar-refractivity contribution < 1.29 is 17.9 Å². The monoisotopic (exact) mass is 376 g/mol. The molecule has 1 amide bonds. The highest BCUT2D eigenvalue weighted by Crippen LogP contribution is 2.12. The number of hydrogen-bond donors (Lipinski definition) is 1. The van der Waals surface area contributed by atoms with Gasteiger partial charge in [0, 0.05) is 13.1 Å². The van der Waals surface area contributed by atoms with Gasteiger partial charge in [0.1, 0.15) is 5.75 Å². The second-order valence-electron chi connectivity index (χ2n) is 6.14. The fourth-order valence-electron chi connectivity index (χ4n) is 2.46. The molecule has 2 aromatic carbocycles. The number of nitrogens with one attached hydrogen (secondary N) is 1. The number of sulfonamides is 1. The Morgan fingerprint density at radius 3 is 2.38 bits per heavy atom. The Hall–Kier alpha value is -2.38. The van der Waals surface area contributed by atoms with Crippen molar-refractivity contribution in [3.05, 3.63) is 65.2 Å². The lowest BCUT2D eigenvalue weighted by Gasteiger charge is -2.20. The van der Waals surface area contributed by atoms with Crippen LogP contribution in [0.1, 0.15) is 16.7 Å². The largest absolute Gasteiger partial charge is 0.497 e. The lowest BCUT2D eigenvalue weighted by molar-refractivity contribution is -0.121. The molecule has 0 saturated carbocycles. The Balaban J connectivity index is 1.97. The van der Waals surface area contributed by atoms with Gasteiger partial charge in [-0.1, -0.05) is 42.0 Å². The van der Waals surface area contributed by atoms with Crippen molar-refractivity contribution in [1.29, 1.82) is 0 Å². The number of nitrogens with zero attached hydrogens (tertiary/aromatic N) is 1. The van der Waals surface area contributed by atoms with E-state index < -0.39 is 10.0 Å². The van der Waals surface area contributed by atoms with Crippen LogP contribution in [-0.4, -0.2) is 38.5 Å². The Kier molecular flexibility index (Phi) is 6.76. The molecule has 7 heteroatoms. The molecule has 0 unspecified atom stereocenters. The highest BCUT2D eigenvalue weighted by Gasteiger charge is 2.20. The number of ether oxygens (including phenoxy) is 1. The van der Waals surface area contributed by atoms with E-state index in [1.54, 1.807) is 7.11 Å². The van der Waals surface area contributed by atoms with Crippen LogP contribution in [0, 0.1) is 6.92 Å². The van der Waals surface area contributed by atoms with Crippen molar-refractivity contribution in [3.63, 3.8) is 0 Å². The highest BCUT2D eigenvalue weighted by atomic mass is 32.2. The average molecular weight is 376 g/mol. The van der Waals surface area contributed by atoms with E-state index in [2.05, 4.69) is 5.32 Å². The van der Waals surface area contributed by atoms with Crippen LogP contribution in [0.3, 0.4) is 0 Å². The van der Waals surface area contributed by atoms with Gasteiger partial charge in [-0.25, -0.2) is 8.42 Å². The number of aryl methyl sites for hydroxylation is 1. The van der Waals surface area contributed by atoms with Crippen molar-refractivity contribution >= 4 is 15.9 Å². The van der Waals surface area contributed by atoms with Crippen LogP contribution in [0.2, 0.25) is 0 Å². The van der Waals surface area contributed by atoms with E-state index in [0.717, 1.165) is 28.7 Å². The quantitative estimate of drug-likeness (QED) is 0.765. The Morgan fingerprint density at radius 2 is 1.81 bits per heavy atom. The molecule has 140 valence electrons. The minimum atomic E-state index is -3.51. The summed E-state index contributed by atoms with van der Waals surface area (Å²) in [6, 6.07) is 14.9. The van der Waals surface area contributed by atoms with Crippen LogP contribution in [0.15, 0.2) is 48.5 Å². The maximum absolute atomic E-state index is 12.2. The van der Waals surface area contributed by atoms with E-state index in [-0.39, 0.29) is 19.0 Å². The normalized spacial score (nSPS) is 11.4. The zero-order valence-corrected chi connectivity index (χ0v) is 16.0. The van der Waals surface area contributed by atoms with Gasteiger partial charge < -0.3 is 10.1 Å². The van der Waals surface area contributed by atoms with Gasteiger partial charge in [-0.2, -0.15) is 4.31 Å². The van der Waals surface area contributed by atoms with Crippen LogP contribution in [-0.2, 0) is 27.9 Å². The molecule has 1 N–H and O–H groups in total. The fourth-order valence-corrected chi connectivity index (χ4v) is 3.20. The predicted molar refractivity (Wildman–Crippen MR) is 101 cm³/mol. The van der Waals surface area contributed by atoms with E-state index in [0.29, 0.717) is 6.54 Å². The molecule has 0 radical (unpaired) electrons. The van der Waals surface area contributed by atoms with Crippen molar-refractivity contribution in [2.24, 2.45) is 0 Å². The molecule has 0 atom stereocenters. The standard InChI is InChI=1S/C19H24N2O4S/c1-15-5-4-6-17(11-15)13-21(26(3,23)24)14-19(22)20-12-16-7-9-18(25-2)10-8-16/h4-11H,12-14H2,1-3H3,(H,20,22). The Labute approximate surface area is 154 Å². The smallest absolute Gasteiger partial charge is 0.235 e. The third-order valence-corrected chi connectivity index (χ3v) is 5.08. The molecule has 0 aliphatic heterocycles. The van der Waals surface area contributed by atoms with Gasteiger partial charge in [0.05, 0.1) is 19.9 Å². The molecule has 0 fully saturated rings. The third-order valence-electron chi connectivity index (χ3n) is 3.88. The summed E-state index contributed by atoms with van der Waals surface area (Å²) in [4.78, 5) is 12.2. The summed E-state index contributed by atoms with van der Waals surface area (Å²) < 4.78 is 30.3. The summed E-state index contributed by atoms with van der Waals surface area (Å²) >= 11 is 0. The van der Waals surface area contributed by atoms with E-state index >= 15 is 0 Å². The second kappa shape index (κ2) is 8.82. The molecule has 2 aromatic rings. The van der Waals surface area contributed by atoms with E-state index in [1.165, 1.54) is 4.31 Å². The zero-order chi connectivity index (χ0) is 19.2. The predicted octanol–water partition coefficient (Wildman–Crippen LogP) is 2.08. The van der Waals surface area contributed by atoms with Crippen LogP contribution in [0.25, 0.3) is 0 Å². The number of carbonyl (C=O) groups is 1. The molecule has 0 aliphatic rings. The summed E-state index contributed by atoms with van der Waals surface area (Å²) in [6.45, 7) is 2.21. The maximum atomic E-state index is 12.2. The van der Waals surface area contributed by atoms with Crippen LogP contribution in [0.5, 0.6) is 5.75 Å². The van der Waals surface area contributed by atoms with Crippen LogP contribution >= 0.6 is 0 Å². The molecule has 0 spiro atoms. The first-order valence-corrected chi connectivity index (χ1v) is 10.0. The minimum absolute atomic E-state index is 0.163. The van der Waals surface area contributed by atoms with E-state index in [9.17, 15) is 13.2 Å². The molecule has 26 heavy (non-hydrogen) atoms. The Morgan fingerprint density at radius 1 is 1.12 bits per heavy atom. The molecule has 0 aliphatic carbocycles. The first kappa shape index (κ1) is 19.9. The summed E-state index contributed by atoms with van der Waals surface area (Å²) in [5, 5.41) is 2.75. The van der Waals surface area contributed by atoms with Crippen molar-refractivity contribution in [1.82, 2.24) is 9.62 Å². The van der Waals surface area contributed by atoms with E-state index in [4.69, 9.17) is 4.74 Å². The van der Waals surface area contributed by atoms with E-state index in [1.807, 2.05) is 55.5 Å². The van der Waals surface area contributed by atoms with Crippen molar-refractivity contribution in [3.8, 4) is 5.75 Å². The zero-order valence-electron chi connectivity index (χ0n) is 15.2. The first-order valence-electron chi connectivity index (χ1n) is 8.18. The molecular weight excluding hydrogens is 352 g/mol. The number of hydrogen-bond acceptors (Lipinski definition) is 4. The molecule has 6 nitrogen and oxygen atoms in total. The first-order chi connectivity index (χ1) is 12.3. The number of rotatable bonds is 8. The second-order valence-corrected chi connectivity index (χ2v) is 8.13. The number of amides is 1. The lowest BCUT2D eigenvalue weighted by atomic mass is 10.1. The Bertz CT molecular complexity index is 848. The summed E-state index contributed by atoms with van der Waals surface area (Å²) in [7, 11) is -1.92. The van der Waals surface area contributed by atoms with Gasteiger partial charge in [-0.15, -0.1) is 0 Å². The molecule has 0 bridgehead atoms. The van der Waals surface area contributed by atoms with Gasteiger partial charge in [-0.05, 0) is 30.2 Å². The topological polar surface area (TPSA) is 75.7 Å². The van der Waals surface area contributed by atoms with Gasteiger partial charge >= 0.3 is 0 Å². The van der Waals surface area contributed by atoms with Crippen molar-refractivity contribution in [2.45, 2.75) is 20.0 Å². The molecular formula is C19H24N2O4S. The van der Waals surface area contributed by atoms with Gasteiger partial charge in [0.2, 0.25) is 15.9 Å². The lowest BCUT2D eigenvalue weighted by Crippen LogP contribution is -2.39.